The molecule has 0 saturated carbocycles. The summed E-state index contributed by atoms with van der Waals surface area (Å²) in [5, 5.41) is 4.01. The van der Waals surface area contributed by atoms with E-state index in [0.29, 0.717) is 0 Å². The van der Waals surface area contributed by atoms with Gasteiger partial charge in [-0.3, -0.25) is 0 Å². The zero-order valence-electron chi connectivity index (χ0n) is 5.92. The van der Waals surface area contributed by atoms with Crippen LogP contribution in [0.15, 0.2) is 30.3 Å². The van der Waals surface area contributed by atoms with Gasteiger partial charge in [-0.15, -0.1) is 6.54 Å². The topological polar surface area (TPSA) is 14.1 Å². The molecule has 55 valence electrons. The van der Waals surface area contributed by atoms with Crippen molar-refractivity contribution in [3.05, 3.63) is 41.2 Å². The van der Waals surface area contributed by atoms with E-state index in [1.807, 2.05) is 25.2 Å². The van der Waals surface area contributed by atoms with Gasteiger partial charge in [0.2, 0.25) is 0 Å². The van der Waals surface area contributed by atoms with Gasteiger partial charge >= 0.3 is 0 Å². The van der Waals surface area contributed by atoms with Crippen molar-refractivity contribution in [1.29, 1.82) is 0 Å². The molecule has 1 radical (unpaired) electrons. The molecule has 0 aliphatic heterocycles. The molecular formula is C8H10NRe-. The van der Waals surface area contributed by atoms with Crippen LogP contribution < -0.4 is 0 Å². The van der Waals surface area contributed by atoms with Crippen LogP contribution in [0.5, 0.6) is 0 Å². The fraction of sp³-hybridized carbons (Fsp3) is 0.250. The molecule has 0 spiro atoms. The first kappa shape index (κ1) is 9.84. The van der Waals surface area contributed by atoms with E-state index in [4.69, 9.17) is 0 Å². The van der Waals surface area contributed by atoms with Gasteiger partial charge in [-0.1, -0.05) is 35.9 Å². The van der Waals surface area contributed by atoms with Crippen molar-refractivity contribution in [2.24, 2.45) is 0 Å². The third kappa shape index (κ3) is 3.12. The molecule has 10 heavy (non-hydrogen) atoms. The Balaban J connectivity index is 0.000000810. The maximum absolute atomic E-state index is 4.01. The molecule has 0 aromatic heterocycles. The van der Waals surface area contributed by atoms with Crippen molar-refractivity contribution in [2.75, 3.05) is 7.05 Å². The van der Waals surface area contributed by atoms with Crippen LogP contribution in [-0.2, 0) is 27.0 Å². The second kappa shape index (κ2) is 5.61. The predicted molar refractivity (Wildman–Crippen MR) is 39.4 cm³/mol. The Morgan fingerprint density at radius 3 is 2.30 bits per heavy atom. The van der Waals surface area contributed by atoms with Crippen molar-refractivity contribution in [1.82, 2.24) is 0 Å². The Morgan fingerprint density at radius 2 is 1.80 bits per heavy atom. The average molecular weight is 306 g/mol. The van der Waals surface area contributed by atoms with Gasteiger partial charge in [0, 0.05) is 20.4 Å². The fourth-order valence-corrected chi connectivity index (χ4v) is 0.766. The van der Waals surface area contributed by atoms with E-state index < -0.39 is 0 Å². The van der Waals surface area contributed by atoms with E-state index in [9.17, 15) is 0 Å². The zero-order chi connectivity index (χ0) is 6.53. The van der Waals surface area contributed by atoms with Crippen LogP contribution in [0.4, 0.5) is 0 Å². The summed E-state index contributed by atoms with van der Waals surface area (Å²) in [6.45, 7) is 0.834. The van der Waals surface area contributed by atoms with E-state index in [0.717, 1.165) is 6.54 Å². The normalized spacial score (nSPS) is 8.50. The third-order valence-corrected chi connectivity index (χ3v) is 1.18. The number of hydrogen-bond donors (Lipinski definition) is 0. The largest absolute Gasteiger partial charge is 0.661 e. The number of hydrogen-bond acceptors (Lipinski definition) is 0. The molecule has 0 saturated heterocycles. The smallest absolute Gasteiger partial charge is 0 e. The maximum atomic E-state index is 4.01. The minimum atomic E-state index is 0. The van der Waals surface area contributed by atoms with Crippen molar-refractivity contribution in [3.8, 4) is 0 Å². The maximum Gasteiger partial charge on any atom is 0 e. The molecule has 2 heteroatoms. The Labute approximate surface area is 75.5 Å². The van der Waals surface area contributed by atoms with Gasteiger partial charge in [0.1, 0.15) is 0 Å². The molecule has 0 amide bonds. The van der Waals surface area contributed by atoms with Gasteiger partial charge in [0.25, 0.3) is 0 Å². The molecule has 0 aliphatic carbocycles. The Morgan fingerprint density at radius 1 is 1.20 bits per heavy atom. The van der Waals surface area contributed by atoms with Crippen LogP contribution in [0.1, 0.15) is 5.56 Å². The standard InChI is InChI=1S/C8H10N.Re/c1-9-7-8-5-3-2-4-6-8;/h2-6H,7H2,1H3;/q-1;. The minimum Gasteiger partial charge on any atom is -0.661 e. The van der Waals surface area contributed by atoms with Gasteiger partial charge < -0.3 is 5.32 Å². The molecule has 0 unspecified atom stereocenters. The van der Waals surface area contributed by atoms with Crippen LogP contribution in [0, 0.1) is 0 Å². The van der Waals surface area contributed by atoms with Gasteiger partial charge in [-0.05, 0) is 0 Å². The number of nitrogens with zero attached hydrogens (tertiary/aromatic N) is 1. The summed E-state index contributed by atoms with van der Waals surface area (Å²) in [6, 6.07) is 10.2. The average Bonchev–Trinajstić information content (AvgIpc) is 1.91. The molecule has 0 bridgehead atoms. The Hall–Kier alpha value is -0.158. The van der Waals surface area contributed by atoms with Crippen LogP contribution >= 0.6 is 0 Å². The SMILES string of the molecule is C[N-]Cc1ccccc1.[Re]. The van der Waals surface area contributed by atoms with Gasteiger partial charge in [-0.25, -0.2) is 0 Å². The van der Waals surface area contributed by atoms with Gasteiger partial charge in [0.05, 0.1) is 0 Å². The van der Waals surface area contributed by atoms with E-state index in [-0.39, 0.29) is 20.4 Å². The zero-order valence-corrected chi connectivity index (χ0v) is 8.63. The van der Waals surface area contributed by atoms with E-state index in [2.05, 4.69) is 17.4 Å². The fourth-order valence-electron chi connectivity index (χ4n) is 0.766. The van der Waals surface area contributed by atoms with E-state index in [1.165, 1.54) is 5.56 Å². The monoisotopic (exact) mass is 307 g/mol. The van der Waals surface area contributed by atoms with Gasteiger partial charge in [0.15, 0.2) is 0 Å². The van der Waals surface area contributed by atoms with Crippen molar-refractivity contribution in [2.45, 2.75) is 6.54 Å². The van der Waals surface area contributed by atoms with E-state index >= 15 is 0 Å². The Kier molecular flexibility index (Phi) is 5.53. The first-order valence-electron chi connectivity index (χ1n) is 3.03. The molecule has 0 aliphatic rings. The number of benzene rings is 1. The molecule has 1 nitrogen and oxygen atoms in total. The molecule has 1 rings (SSSR count). The summed E-state index contributed by atoms with van der Waals surface area (Å²) in [5.41, 5.74) is 1.28. The molecule has 0 fully saturated rings. The predicted octanol–water partition coefficient (Wildman–Crippen LogP) is 2.19. The summed E-state index contributed by atoms with van der Waals surface area (Å²) in [7, 11) is 1.83. The van der Waals surface area contributed by atoms with Crippen molar-refractivity contribution >= 4 is 0 Å². The van der Waals surface area contributed by atoms with Crippen LogP contribution in [-0.4, -0.2) is 7.05 Å². The van der Waals surface area contributed by atoms with Crippen LogP contribution in [0.25, 0.3) is 5.32 Å². The van der Waals surface area contributed by atoms with Crippen LogP contribution in [0.2, 0.25) is 0 Å². The second-order valence-electron chi connectivity index (χ2n) is 1.96. The molecule has 1 aromatic carbocycles. The molecule has 0 N–H and O–H groups in total. The Bertz CT molecular complexity index is 162. The number of rotatable bonds is 2. The van der Waals surface area contributed by atoms with E-state index in [1.54, 1.807) is 0 Å². The summed E-state index contributed by atoms with van der Waals surface area (Å²) in [5.74, 6) is 0. The van der Waals surface area contributed by atoms with Crippen molar-refractivity contribution < 1.29 is 20.4 Å². The minimum absolute atomic E-state index is 0. The molecule has 1 aromatic rings. The first-order valence-corrected chi connectivity index (χ1v) is 3.03. The molecule has 0 atom stereocenters. The summed E-state index contributed by atoms with van der Waals surface area (Å²) in [4.78, 5) is 0. The van der Waals surface area contributed by atoms with Crippen molar-refractivity contribution in [3.63, 3.8) is 0 Å². The van der Waals surface area contributed by atoms with Gasteiger partial charge in [-0.2, -0.15) is 7.05 Å². The summed E-state index contributed by atoms with van der Waals surface area (Å²) < 4.78 is 0. The molecular weight excluding hydrogens is 296 g/mol. The quantitative estimate of drug-likeness (QED) is 0.795. The second-order valence-corrected chi connectivity index (χ2v) is 1.96. The first-order chi connectivity index (χ1) is 4.43. The third-order valence-electron chi connectivity index (χ3n) is 1.18. The van der Waals surface area contributed by atoms with Crippen LogP contribution in [0.3, 0.4) is 0 Å². The molecule has 0 heterocycles. The summed E-state index contributed by atoms with van der Waals surface area (Å²) >= 11 is 0. The summed E-state index contributed by atoms with van der Waals surface area (Å²) in [6.07, 6.45) is 0.